The van der Waals surface area contributed by atoms with E-state index in [-0.39, 0.29) is 0 Å². The summed E-state index contributed by atoms with van der Waals surface area (Å²) in [4.78, 5) is 24.7. The topological polar surface area (TPSA) is 102 Å². The number of hydrogen-bond donors (Lipinski definition) is 2. The second kappa shape index (κ2) is 10.8. The predicted octanol–water partition coefficient (Wildman–Crippen LogP) is 8.10. The van der Waals surface area contributed by atoms with Crippen LogP contribution in [0.3, 0.4) is 0 Å². The third kappa shape index (κ3) is 5.22. The Morgan fingerprint density at radius 2 is 1.37 bits per heavy atom. The predicted molar refractivity (Wildman–Crippen MR) is 156 cm³/mol. The summed E-state index contributed by atoms with van der Waals surface area (Å²) in [5, 5.41) is 16.7. The van der Waals surface area contributed by atoms with Gasteiger partial charge in [-0.05, 0) is 42.0 Å². The van der Waals surface area contributed by atoms with E-state index in [2.05, 4.69) is 10.5 Å². The van der Waals surface area contributed by atoms with Crippen LogP contribution in [0.2, 0.25) is 0 Å². The molecule has 0 saturated heterocycles. The van der Waals surface area contributed by atoms with E-state index in [1.54, 1.807) is 0 Å². The molecule has 1 aliphatic carbocycles. The van der Waals surface area contributed by atoms with Crippen molar-refractivity contribution < 1.29 is 24.0 Å². The molecule has 6 rings (SSSR count). The first-order chi connectivity index (χ1) is 19.9. The molecule has 0 aliphatic heterocycles. The van der Waals surface area contributed by atoms with E-state index < -0.39 is 23.6 Å². The van der Waals surface area contributed by atoms with Crippen molar-refractivity contribution in [2.24, 2.45) is 0 Å². The average Bonchev–Trinajstić information content (AvgIpc) is 3.73. The van der Waals surface area contributed by atoms with Crippen LogP contribution < -0.4 is 5.32 Å². The maximum Gasteiger partial charge on any atom is 0.412 e. The molecule has 2 N–H and O–H groups in total. The molecule has 1 saturated carbocycles. The molecule has 7 heteroatoms. The Labute approximate surface area is 237 Å². The van der Waals surface area contributed by atoms with Crippen LogP contribution in [0, 0.1) is 0 Å². The summed E-state index contributed by atoms with van der Waals surface area (Å²) in [7, 11) is 0. The number of aliphatic carboxylic acids is 1. The van der Waals surface area contributed by atoms with E-state index >= 15 is 0 Å². The number of aromatic nitrogens is 1. The van der Waals surface area contributed by atoms with Crippen LogP contribution in [0.1, 0.15) is 37.0 Å². The summed E-state index contributed by atoms with van der Waals surface area (Å²) < 4.78 is 11.4. The van der Waals surface area contributed by atoms with Gasteiger partial charge < -0.3 is 14.4 Å². The Kier molecular flexibility index (Phi) is 6.85. The molecule has 204 valence electrons. The minimum atomic E-state index is -0.764. The number of nitrogens with one attached hydrogen (secondary N) is 1. The third-order valence-corrected chi connectivity index (χ3v) is 7.60. The van der Waals surface area contributed by atoms with Gasteiger partial charge in [-0.25, -0.2) is 4.79 Å². The van der Waals surface area contributed by atoms with Gasteiger partial charge in [0, 0.05) is 11.1 Å². The molecular formula is C34H28N2O5. The molecule has 1 amide bonds. The summed E-state index contributed by atoms with van der Waals surface area (Å²) in [6.07, 6.45) is 0.284. The lowest BCUT2D eigenvalue weighted by atomic mass is 9.93. The van der Waals surface area contributed by atoms with Crippen LogP contribution in [0.25, 0.3) is 33.7 Å². The quantitative estimate of drug-likeness (QED) is 0.205. The lowest BCUT2D eigenvalue weighted by Crippen LogP contribution is -2.19. The average molecular weight is 545 g/mol. The second-order valence-corrected chi connectivity index (χ2v) is 10.2. The minimum Gasteiger partial charge on any atom is -0.481 e. The van der Waals surface area contributed by atoms with Gasteiger partial charge in [-0.15, -0.1) is 0 Å². The zero-order valence-corrected chi connectivity index (χ0v) is 22.4. The molecule has 41 heavy (non-hydrogen) atoms. The van der Waals surface area contributed by atoms with Gasteiger partial charge in [-0.1, -0.05) is 114 Å². The summed E-state index contributed by atoms with van der Waals surface area (Å²) in [6, 6.07) is 34.4. The molecule has 1 atom stereocenters. The van der Waals surface area contributed by atoms with Crippen LogP contribution in [-0.4, -0.2) is 22.3 Å². The van der Waals surface area contributed by atoms with Crippen LogP contribution in [0.5, 0.6) is 0 Å². The normalized spacial score (nSPS) is 14.2. The van der Waals surface area contributed by atoms with E-state index in [4.69, 9.17) is 9.26 Å². The van der Waals surface area contributed by atoms with Crippen LogP contribution in [-0.2, 0) is 14.9 Å². The Balaban J connectivity index is 1.27. The maximum atomic E-state index is 13.0. The number of carboxylic acid groups (broad SMARTS) is 1. The van der Waals surface area contributed by atoms with Gasteiger partial charge in [-0.3, -0.25) is 10.1 Å². The smallest absolute Gasteiger partial charge is 0.412 e. The van der Waals surface area contributed by atoms with Gasteiger partial charge >= 0.3 is 12.1 Å². The summed E-state index contributed by atoms with van der Waals surface area (Å²) in [5.74, 6) is -0.355. The number of anilines is 1. The Morgan fingerprint density at radius 1 is 0.805 bits per heavy atom. The van der Waals surface area contributed by atoms with E-state index in [1.165, 1.54) is 0 Å². The van der Waals surface area contributed by atoms with Crippen molar-refractivity contribution in [3.05, 3.63) is 120 Å². The summed E-state index contributed by atoms with van der Waals surface area (Å²) >= 11 is 0. The van der Waals surface area contributed by atoms with Crippen molar-refractivity contribution in [3.8, 4) is 33.7 Å². The third-order valence-electron chi connectivity index (χ3n) is 7.60. The van der Waals surface area contributed by atoms with Crippen LogP contribution in [0.4, 0.5) is 10.5 Å². The first kappa shape index (κ1) is 26.1. The monoisotopic (exact) mass is 544 g/mol. The lowest BCUT2D eigenvalue weighted by Gasteiger charge is -2.14. The fourth-order valence-corrected chi connectivity index (χ4v) is 5.03. The lowest BCUT2D eigenvalue weighted by molar-refractivity contribution is -0.140. The van der Waals surface area contributed by atoms with Gasteiger partial charge in [0.2, 0.25) is 0 Å². The standard InChI is InChI=1S/C34H28N2O5/c1-22(23-8-4-2-5-9-23)40-33(39)35-30-29(26-10-6-3-7-11-26)36-41-31(30)27-14-12-24(13-15-27)25-16-18-28(19-17-25)34(20-21-34)32(37)38/h2-19,22H,20-21H2,1H3,(H,35,39)(H,37,38). The van der Waals surface area contributed by atoms with Crippen molar-refractivity contribution in [2.45, 2.75) is 31.3 Å². The van der Waals surface area contributed by atoms with Crippen molar-refractivity contribution in [1.29, 1.82) is 0 Å². The minimum absolute atomic E-state index is 0.409. The molecular weight excluding hydrogens is 516 g/mol. The fraction of sp³-hybridized carbons (Fsp3) is 0.147. The number of nitrogens with zero attached hydrogens (tertiary/aromatic N) is 1. The first-order valence-corrected chi connectivity index (χ1v) is 13.5. The zero-order chi connectivity index (χ0) is 28.4. The number of benzene rings is 4. The Bertz CT molecular complexity index is 1670. The Hall–Kier alpha value is -5.17. The number of carbonyl (C=O) groups excluding carboxylic acids is 1. The molecule has 1 aromatic heterocycles. The maximum absolute atomic E-state index is 13.0. The summed E-state index contributed by atoms with van der Waals surface area (Å²) in [5.41, 5.74) is 5.37. The highest BCUT2D eigenvalue weighted by Gasteiger charge is 2.51. The molecule has 5 aromatic rings. The first-order valence-electron chi connectivity index (χ1n) is 13.5. The van der Waals surface area contributed by atoms with Crippen LogP contribution >= 0.6 is 0 Å². The van der Waals surface area contributed by atoms with E-state index in [0.717, 1.165) is 33.4 Å². The highest BCUT2D eigenvalue weighted by Crippen LogP contribution is 2.48. The van der Waals surface area contributed by atoms with E-state index in [9.17, 15) is 14.7 Å². The van der Waals surface area contributed by atoms with Crippen molar-refractivity contribution >= 4 is 17.7 Å². The fourth-order valence-electron chi connectivity index (χ4n) is 5.03. The number of carbonyl (C=O) groups is 2. The molecule has 1 fully saturated rings. The second-order valence-electron chi connectivity index (χ2n) is 10.2. The molecule has 0 radical (unpaired) electrons. The Morgan fingerprint density at radius 3 is 1.95 bits per heavy atom. The van der Waals surface area contributed by atoms with Gasteiger partial charge in [0.15, 0.2) is 5.76 Å². The SMILES string of the molecule is CC(OC(=O)Nc1c(-c2ccccc2)noc1-c1ccc(-c2ccc(C3(C(=O)O)CC3)cc2)cc1)c1ccccc1. The van der Waals surface area contributed by atoms with Crippen LogP contribution in [0.15, 0.2) is 114 Å². The molecule has 1 heterocycles. The molecule has 1 aliphatic rings. The van der Waals surface area contributed by atoms with Gasteiger partial charge in [0.1, 0.15) is 17.5 Å². The van der Waals surface area contributed by atoms with Crippen molar-refractivity contribution in [3.63, 3.8) is 0 Å². The highest BCUT2D eigenvalue weighted by molar-refractivity contribution is 5.96. The number of hydrogen-bond acceptors (Lipinski definition) is 5. The van der Waals surface area contributed by atoms with E-state index in [1.807, 2.05) is 116 Å². The highest BCUT2D eigenvalue weighted by atomic mass is 16.6. The molecule has 4 aromatic carbocycles. The molecule has 0 spiro atoms. The number of amides is 1. The van der Waals surface area contributed by atoms with Crippen molar-refractivity contribution in [1.82, 2.24) is 5.16 Å². The number of carboxylic acids is 1. The summed E-state index contributed by atoms with van der Waals surface area (Å²) in [6.45, 7) is 1.82. The number of ether oxygens (including phenoxy) is 1. The number of rotatable bonds is 8. The largest absolute Gasteiger partial charge is 0.481 e. The molecule has 0 bridgehead atoms. The molecule has 7 nitrogen and oxygen atoms in total. The van der Waals surface area contributed by atoms with E-state index in [0.29, 0.717) is 30.0 Å². The molecule has 1 unspecified atom stereocenters. The van der Waals surface area contributed by atoms with Crippen molar-refractivity contribution in [2.75, 3.05) is 5.32 Å². The van der Waals surface area contributed by atoms with Gasteiger partial charge in [0.05, 0.1) is 5.41 Å². The van der Waals surface area contributed by atoms with Gasteiger partial charge in [-0.2, -0.15) is 0 Å². The van der Waals surface area contributed by atoms with Gasteiger partial charge in [0.25, 0.3) is 0 Å². The zero-order valence-electron chi connectivity index (χ0n) is 22.4.